The number of fused-ring (bicyclic) bond motifs is 4. The van der Waals surface area contributed by atoms with Crippen molar-refractivity contribution in [2.75, 3.05) is 11.9 Å². The highest BCUT2D eigenvalue weighted by Crippen LogP contribution is 2.61. The smallest absolute Gasteiger partial charge is 0.269 e. The van der Waals surface area contributed by atoms with Crippen molar-refractivity contribution in [2.45, 2.75) is 37.3 Å². The third-order valence-electron chi connectivity index (χ3n) is 7.84. The first-order valence-corrected chi connectivity index (χ1v) is 11.8. The standard InChI is InChI=1S/C27H24N4O4/c1-16-7-12-20-19(15-16)27(26(33)29-20)24(25(32)21-5-2-3-13-28-21)23(22-6-4-14-30(22)27)17-8-10-18(11-9-17)31(34)35/h2-3,5,7-13,15,22-24H,4,6,14H2,1H3,(H,29,33)/t22?,23?,24?,27-/m1/s1. The summed E-state index contributed by atoms with van der Waals surface area (Å²) < 4.78 is 0. The van der Waals surface area contributed by atoms with E-state index < -0.39 is 16.4 Å². The van der Waals surface area contributed by atoms with Gasteiger partial charge in [-0.15, -0.1) is 0 Å². The number of anilines is 1. The Kier molecular flexibility index (Phi) is 4.82. The largest absolute Gasteiger partial charge is 0.324 e. The average Bonchev–Trinajstić information content (AvgIpc) is 3.53. The summed E-state index contributed by atoms with van der Waals surface area (Å²) in [7, 11) is 0. The van der Waals surface area contributed by atoms with Crippen LogP contribution in [0.4, 0.5) is 11.4 Å². The lowest BCUT2D eigenvalue weighted by Gasteiger charge is -2.36. The number of amides is 1. The molecule has 1 spiro atoms. The lowest BCUT2D eigenvalue weighted by molar-refractivity contribution is -0.384. The molecule has 0 bridgehead atoms. The van der Waals surface area contributed by atoms with E-state index in [4.69, 9.17) is 0 Å². The van der Waals surface area contributed by atoms with Crippen molar-refractivity contribution >= 4 is 23.1 Å². The Morgan fingerprint density at radius 1 is 1.17 bits per heavy atom. The van der Waals surface area contributed by atoms with E-state index in [1.54, 1.807) is 36.5 Å². The van der Waals surface area contributed by atoms with Crippen LogP contribution in [0.1, 0.15) is 45.9 Å². The van der Waals surface area contributed by atoms with Gasteiger partial charge in [0.1, 0.15) is 11.2 Å². The van der Waals surface area contributed by atoms with Crippen LogP contribution in [0.25, 0.3) is 0 Å². The van der Waals surface area contributed by atoms with Crippen molar-refractivity contribution < 1.29 is 14.5 Å². The minimum absolute atomic E-state index is 0.00285. The van der Waals surface area contributed by atoms with Crippen LogP contribution in [-0.4, -0.2) is 39.1 Å². The van der Waals surface area contributed by atoms with E-state index in [0.29, 0.717) is 12.2 Å². The highest BCUT2D eigenvalue weighted by atomic mass is 16.6. The van der Waals surface area contributed by atoms with Gasteiger partial charge in [0.25, 0.3) is 5.69 Å². The minimum atomic E-state index is -1.16. The first-order chi connectivity index (χ1) is 16.9. The fourth-order valence-electron chi connectivity index (χ4n) is 6.53. The number of pyridine rings is 1. The quantitative estimate of drug-likeness (QED) is 0.349. The predicted molar refractivity (Wildman–Crippen MR) is 129 cm³/mol. The Balaban J connectivity index is 1.60. The molecular formula is C27H24N4O4. The molecule has 35 heavy (non-hydrogen) atoms. The number of Topliss-reactive ketones (excluding diaryl/α,β-unsaturated/α-hetero) is 1. The van der Waals surface area contributed by atoms with Gasteiger partial charge in [-0.1, -0.05) is 35.9 Å². The van der Waals surface area contributed by atoms with Gasteiger partial charge in [0.15, 0.2) is 5.78 Å². The molecule has 0 aliphatic carbocycles. The summed E-state index contributed by atoms with van der Waals surface area (Å²) in [6.45, 7) is 2.68. The van der Waals surface area contributed by atoms with E-state index in [1.807, 2.05) is 25.1 Å². The number of carbonyl (C=O) groups excluding carboxylic acids is 2. The van der Waals surface area contributed by atoms with Gasteiger partial charge in [-0.2, -0.15) is 0 Å². The molecule has 8 nitrogen and oxygen atoms in total. The molecule has 6 rings (SSSR count). The Labute approximate surface area is 202 Å². The third-order valence-corrected chi connectivity index (χ3v) is 7.84. The zero-order valence-corrected chi connectivity index (χ0v) is 19.2. The van der Waals surface area contributed by atoms with Crippen molar-refractivity contribution in [3.05, 3.63) is 99.4 Å². The van der Waals surface area contributed by atoms with Crippen molar-refractivity contribution in [1.82, 2.24) is 9.88 Å². The fraction of sp³-hybridized carbons (Fsp3) is 0.296. The summed E-state index contributed by atoms with van der Waals surface area (Å²) in [4.78, 5) is 45.6. The number of nitro benzene ring substituents is 1. The number of hydrogen-bond acceptors (Lipinski definition) is 6. The maximum absolute atomic E-state index is 14.3. The predicted octanol–water partition coefficient (Wildman–Crippen LogP) is 4.21. The van der Waals surface area contributed by atoms with Crippen molar-refractivity contribution in [1.29, 1.82) is 0 Å². The number of aryl methyl sites for hydroxylation is 1. The molecule has 8 heteroatoms. The minimum Gasteiger partial charge on any atom is -0.324 e. The van der Waals surface area contributed by atoms with Gasteiger partial charge in [0.2, 0.25) is 5.91 Å². The zero-order valence-electron chi connectivity index (χ0n) is 19.2. The molecule has 2 saturated heterocycles. The van der Waals surface area contributed by atoms with Gasteiger partial charge in [-0.25, -0.2) is 0 Å². The second-order valence-electron chi connectivity index (χ2n) is 9.60. The van der Waals surface area contributed by atoms with Crippen LogP contribution in [0.5, 0.6) is 0 Å². The molecule has 2 aromatic carbocycles. The number of carbonyl (C=O) groups is 2. The van der Waals surface area contributed by atoms with Crippen LogP contribution < -0.4 is 5.32 Å². The summed E-state index contributed by atoms with van der Waals surface area (Å²) >= 11 is 0. The molecule has 3 unspecified atom stereocenters. The number of nitro groups is 1. The molecule has 3 aliphatic rings. The lowest BCUT2D eigenvalue weighted by Crippen LogP contribution is -2.53. The average molecular weight is 469 g/mol. The van der Waals surface area contributed by atoms with Crippen LogP contribution in [0.2, 0.25) is 0 Å². The van der Waals surface area contributed by atoms with E-state index >= 15 is 0 Å². The lowest BCUT2D eigenvalue weighted by atomic mass is 9.69. The maximum Gasteiger partial charge on any atom is 0.269 e. The van der Waals surface area contributed by atoms with E-state index in [-0.39, 0.29) is 29.3 Å². The molecule has 176 valence electrons. The Bertz CT molecular complexity index is 1360. The number of benzene rings is 2. The third kappa shape index (κ3) is 2.99. The normalized spacial score (nSPS) is 27.0. The number of nitrogens with zero attached hydrogens (tertiary/aromatic N) is 3. The van der Waals surface area contributed by atoms with Crippen LogP contribution >= 0.6 is 0 Å². The van der Waals surface area contributed by atoms with Gasteiger partial charge in [0.05, 0.1) is 10.8 Å². The van der Waals surface area contributed by atoms with Crippen molar-refractivity contribution in [3.63, 3.8) is 0 Å². The number of hydrogen-bond donors (Lipinski definition) is 1. The molecule has 1 N–H and O–H groups in total. The van der Waals surface area contributed by atoms with Crippen molar-refractivity contribution in [3.8, 4) is 0 Å². The summed E-state index contributed by atoms with van der Waals surface area (Å²) in [5.41, 5.74) is 2.55. The summed E-state index contributed by atoms with van der Waals surface area (Å²) in [6, 6.07) is 17.5. The highest BCUT2D eigenvalue weighted by Gasteiger charge is 2.69. The monoisotopic (exact) mass is 468 g/mol. The van der Waals surface area contributed by atoms with Crippen LogP contribution in [0.15, 0.2) is 66.9 Å². The molecule has 4 heterocycles. The van der Waals surface area contributed by atoms with E-state index in [0.717, 1.165) is 35.2 Å². The topological polar surface area (TPSA) is 105 Å². The first-order valence-electron chi connectivity index (χ1n) is 11.8. The van der Waals surface area contributed by atoms with Gasteiger partial charge < -0.3 is 5.32 Å². The second-order valence-corrected chi connectivity index (χ2v) is 9.60. The Hall–Kier alpha value is -3.91. The Morgan fingerprint density at radius 3 is 2.69 bits per heavy atom. The summed E-state index contributed by atoms with van der Waals surface area (Å²) in [6.07, 6.45) is 3.34. The molecule has 0 saturated carbocycles. The van der Waals surface area contributed by atoms with Gasteiger partial charge in [-0.3, -0.25) is 29.6 Å². The molecule has 0 radical (unpaired) electrons. The number of aromatic nitrogens is 1. The van der Waals surface area contributed by atoms with Gasteiger partial charge in [0, 0.05) is 41.5 Å². The molecule has 3 aromatic rings. The Morgan fingerprint density at radius 2 is 1.97 bits per heavy atom. The van der Waals surface area contributed by atoms with Gasteiger partial charge in [-0.05, 0) is 50.1 Å². The van der Waals surface area contributed by atoms with Gasteiger partial charge >= 0.3 is 0 Å². The first kappa shape index (κ1) is 21.6. The molecule has 2 fully saturated rings. The van der Waals surface area contributed by atoms with Crippen LogP contribution in [0.3, 0.4) is 0 Å². The highest BCUT2D eigenvalue weighted by molar-refractivity contribution is 6.12. The number of non-ortho nitro benzene ring substituents is 1. The molecule has 4 atom stereocenters. The van der Waals surface area contributed by atoms with Crippen molar-refractivity contribution in [2.24, 2.45) is 5.92 Å². The van der Waals surface area contributed by atoms with Crippen LogP contribution in [-0.2, 0) is 10.3 Å². The maximum atomic E-state index is 14.3. The number of ketones is 1. The summed E-state index contributed by atoms with van der Waals surface area (Å²) in [5.74, 6) is -1.42. The number of nitrogens with one attached hydrogen (secondary N) is 1. The summed E-state index contributed by atoms with van der Waals surface area (Å²) in [5, 5.41) is 14.3. The van der Waals surface area contributed by atoms with E-state index in [2.05, 4.69) is 15.2 Å². The second kappa shape index (κ2) is 7.81. The van der Waals surface area contributed by atoms with E-state index in [9.17, 15) is 19.7 Å². The van der Waals surface area contributed by atoms with E-state index in [1.165, 1.54) is 12.1 Å². The molecule has 1 aromatic heterocycles. The SMILES string of the molecule is Cc1ccc2c(c1)[C@]1(C(=O)N2)C(C(=O)c2ccccn2)C(c2ccc([N+](=O)[O-])cc2)C2CCCN21. The zero-order chi connectivity index (χ0) is 24.3. The molecule has 1 amide bonds. The number of rotatable bonds is 4. The fourth-order valence-corrected chi connectivity index (χ4v) is 6.53. The molecular weight excluding hydrogens is 444 g/mol. The van der Waals surface area contributed by atoms with Crippen LogP contribution in [0, 0.1) is 23.0 Å². The molecule has 3 aliphatic heterocycles.